The fourth-order valence-electron chi connectivity index (χ4n) is 4.01. The van der Waals surface area contributed by atoms with Gasteiger partial charge in [-0.2, -0.15) is 0 Å². The van der Waals surface area contributed by atoms with Crippen LogP contribution in [0.25, 0.3) is 10.9 Å². The predicted octanol–water partition coefficient (Wildman–Crippen LogP) is 3.00. The summed E-state index contributed by atoms with van der Waals surface area (Å²) in [4.78, 5) is 7.27. The first-order valence-corrected chi connectivity index (χ1v) is 8.76. The molecule has 1 aromatic heterocycles. The molecule has 0 radical (unpaired) electrons. The van der Waals surface area contributed by atoms with E-state index in [4.69, 9.17) is 4.74 Å². The van der Waals surface area contributed by atoms with Crippen LogP contribution in [0.5, 0.6) is 5.75 Å². The number of nitrogens with one attached hydrogen (secondary N) is 1. The van der Waals surface area contributed by atoms with E-state index in [2.05, 4.69) is 33.5 Å². The number of fused-ring (bicyclic) bond motifs is 3. The molecule has 2 aliphatic heterocycles. The zero-order chi connectivity index (χ0) is 15.6. The molecule has 4 nitrogen and oxygen atoms in total. The zero-order valence-corrected chi connectivity index (χ0v) is 13.8. The molecule has 1 N–H and O–H groups in total. The number of aromatic nitrogens is 1. The predicted molar refractivity (Wildman–Crippen MR) is 94.4 cm³/mol. The standard InChI is InChI=1S/C19H25N3O/c1-23-16-4-5-18-17(11-16)19-15(12-21-18)3-2-10-22(19)13-14-6-8-20-9-7-14/h4-5,11-12,14,20H,2-3,6-10,13H2,1H3. The number of rotatable bonds is 3. The molecule has 4 rings (SSSR count). The molecule has 0 spiro atoms. The minimum atomic E-state index is 0.802. The molecule has 122 valence electrons. The van der Waals surface area contributed by atoms with E-state index in [0.29, 0.717) is 0 Å². The van der Waals surface area contributed by atoms with Crippen molar-refractivity contribution in [3.05, 3.63) is 30.0 Å². The summed E-state index contributed by atoms with van der Waals surface area (Å²) in [7, 11) is 1.73. The summed E-state index contributed by atoms with van der Waals surface area (Å²) in [6, 6.07) is 6.23. The maximum atomic E-state index is 5.44. The molecule has 1 aromatic carbocycles. The second-order valence-electron chi connectivity index (χ2n) is 6.76. The third-order valence-corrected chi connectivity index (χ3v) is 5.25. The largest absolute Gasteiger partial charge is 0.497 e. The van der Waals surface area contributed by atoms with Crippen LogP contribution in [0, 0.1) is 5.92 Å². The Labute approximate surface area is 137 Å². The van der Waals surface area contributed by atoms with Crippen molar-refractivity contribution in [3.63, 3.8) is 0 Å². The smallest absolute Gasteiger partial charge is 0.119 e. The SMILES string of the molecule is COc1ccc2ncc3c(c2c1)N(CC1CCNCC1)CCC3. The van der Waals surface area contributed by atoms with Gasteiger partial charge < -0.3 is 15.0 Å². The van der Waals surface area contributed by atoms with Crippen LogP contribution in [-0.4, -0.2) is 38.3 Å². The van der Waals surface area contributed by atoms with Crippen LogP contribution in [0.1, 0.15) is 24.8 Å². The third kappa shape index (κ3) is 2.88. The number of ether oxygens (including phenoxy) is 1. The number of aryl methyl sites for hydroxylation is 1. The first-order chi connectivity index (χ1) is 11.3. The Bertz CT molecular complexity index is 689. The lowest BCUT2D eigenvalue weighted by molar-refractivity contribution is 0.371. The molecule has 3 heterocycles. The average molecular weight is 311 g/mol. The lowest BCUT2D eigenvalue weighted by Gasteiger charge is -2.36. The number of hydrogen-bond donors (Lipinski definition) is 1. The van der Waals surface area contributed by atoms with E-state index in [9.17, 15) is 0 Å². The summed E-state index contributed by atoms with van der Waals surface area (Å²) in [6.07, 6.45) is 7.03. The van der Waals surface area contributed by atoms with E-state index in [-0.39, 0.29) is 0 Å². The van der Waals surface area contributed by atoms with Gasteiger partial charge in [0.2, 0.25) is 0 Å². The lowest BCUT2D eigenvalue weighted by atomic mass is 9.94. The van der Waals surface area contributed by atoms with Crippen LogP contribution in [0.4, 0.5) is 5.69 Å². The highest BCUT2D eigenvalue weighted by Gasteiger charge is 2.24. The Morgan fingerprint density at radius 2 is 2.17 bits per heavy atom. The molecule has 0 atom stereocenters. The van der Waals surface area contributed by atoms with Crippen molar-refractivity contribution in [1.82, 2.24) is 10.3 Å². The minimum absolute atomic E-state index is 0.802. The summed E-state index contributed by atoms with van der Waals surface area (Å²) >= 11 is 0. The summed E-state index contributed by atoms with van der Waals surface area (Å²) in [6.45, 7) is 4.66. The summed E-state index contributed by atoms with van der Waals surface area (Å²) in [5.74, 6) is 1.72. The molecular formula is C19H25N3O. The van der Waals surface area contributed by atoms with Crippen molar-refractivity contribution in [2.75, 3.05) is 38.2 Å². The normalized spacial score (nSPS) is 18.9. The van der Waals surface area contributed by atoms with Crippen molar-refractivity contribution < 1.29 is 4.74 Å². The number of methoxy groups -OCH3 is 1. The zero-order valence-electron chi connectivity index (χ0n) is 13.8. The van der Waals surface area contributed by atoms with Crippen LogP contribution in [0.3, 0.4) is 0 Å². The summed E-state index contributed by atoms with van der Waals surface area (Å²) in [5, 5.41) is 4.72. The fourth-order valence-corrected chi connectivity index (χ4v) is 4.01. The van der Waals surface area contributed by atoms with Gasteiger partial charge in [0.05, 0.1) is 18.3 Å². The Kier molecular flexibility index (Phi) is 4.08. The van der Waals surface area contributed by atoms with E-state index < -0.39 is 0 Å². The van der Waals surface area contributed by atoms with E-state index in [0.717, 1.165) is 43.2 Å². The van der Waals surface area contributed by atoms with Gasteiger partial charge in [0.15, 0.2) is 0 Å². The fraction of sp³-hybridized carbons (Fsp3) is 0.526. The molecule has 1 fully saturated rings. The van der Waals surface area contributed by atoms with E-state index in [1.807, 2.05) is 6.07 Å². The van der Waals surface area contributed by atoms with Gasteiger partial charge in [0, 0.05) is 24.7 Å². The second kappa shape index (κ2) is 6.36. The molecule has 23 heavy (non-hydrogen) atoms. The van der Waals surface area contributed by atoms with Crippen LogP contribution in [0.15, 0.2) is 24.4 Å². The Morgan fingerprint density at radius 3 is 3.00 bits per heavy atom. The Balaban J connectivity index is 1.73. The number of anilines is 1. The molecule has 4 heteroatoms. The molecule has 0 aliphatic carbocycles. The van der Waals surface area contributed by atoms with E-state index in [1.165, 1.54) is 42.4 Å². The molecule has 0 bridgehead atoms. The maximum absolute atomic E-state index is 5.44. The van der Waals surface area contributed by atoms with Gasteiger partial charge in [0.25, 0.3) is 0 Å². The second-order valence-corrected chi connectivity index (χ2v) is 6.76. The number of piperidine rings is 1. The van der Waals surface area contributed by atoms with Crippen LogP contribution in [-0.2, 0) is 6.42 Å². The van der Waals surface area contributed by atoms with Crippen molar-refractivity contribution in [2.45, 2.75) is 25.7 Å². The van der Waals surface area contributed by atoms with Gasteiger partial charge >= 0.3 is 0 Å². The quantitative estimate of drug-likeness (QED) is 0.945. The third-order valence-electron chi connectivity index (χ3n) is 5.25. The van der Waals surface area contributed by atoms with E-state index >= 15 is 0 Å². The topological polar surface area (TPSA) is 37.4 Å². The number of pyridine rings is 1. The van der Waals surface area contributed by atoms with Gasteiger partial charge in [-0.15, -0.1) is 0 Å². The van der Waals surface area contributed by atoms with Crippen molar-refractivity contribution >= 4 is 16.6 Å². The molecule has 0 saturated carbocycles. The van der Waals surface area contributed by atoms with Gasteiger partial charge in [-0.3, -0.25) is 4.98 Å². The molecule has 1 saturated heterocycles. The van der Waals surface area contributed by atoms with Crippen molar-refractivity contribution in [3.8, 4) is 5.75 Å². The first kappa shape index (κ1) is 14.8. The van der Waals surface area contributed by atoms with E-state index in [1.54, 1.807) is 7.11 Å². The molecular weight excluding hydrogens is 286 g/mol. The first-order valence-electron chi connectivity index (χ1n) is 8.76. The van der Waals surface area contributed by atoms with Gasteiger partial charge in [-0.05, 0) is 68.5 Å². The minimum Gasteiger partial charge on any atom is -0.497 e. The Hall–Kier alpha value is -1.81. The van der Waals surface area contributed by atoms with Crippen molar-refractivity contribution in [1.29, 1.82) is 0 Å². The van der Waals surface area contributed by atoms with Crippen molar-refractivity contribution in [2.24, 2.45) is 5.92 Å². The van der Waals surface area contributed by atoms with Crippen LogP contribution >= 0.6 is 0 Å². The molecule has 0 amide bonds. The highest BCUT2D eigenvalue weighted by Crippen LogP contribution is 2.36. The number of hydrogen-bond acceptors (Lipinski definition) is 4. The maximum Gasteiger partial charge on any atom is 0.119 e. The van der Waals surface area contributed by atoms with Gasteiger partial charge in [0.1, 0.15) is 5.75 Å². The average Bonchev–Trinajstić information content (AvgIpc) is 2.62. The molecule has 2 aliphatic rings. The van der Waals surface area contributed by atoms with Gasteiger partial charge in [-0.1, -0.05) is 0 Å². The molecule has 2 aromatic rings. The van der Waals surface area contributed by atoms with Crippen LogP contribution < -0.4 is 15.0 Å². The highest BCUT2D eigenvalue weighted by atomic mass is 16.5. The molecule has 0 unspecified atom stereocenters. The highest BCUT2D eigenvalue weighted by molar-refractivity contribution is 5.94. The van der Waals surface area contributed by atoms with Gasteiger partial charge in [-0.25, -0.2) is 0 Å². The summed E-state index contributed by atoms with van der Waals surface area (Å²) < 4.78 is 5.44. The number of benzene rings is 1. The van der Waals surface area contributed by atoms with Crippen LogP contribution in [0.2, 0.25) is 0 Å². The Morgan fingerprint density at radius 1 is 1.30 bits per heavy atom. The summed E-state index contributed by atoms with van der Waals surface area (Å²) in [5.41, 5.74) is 3.87. The lowest BCUT2D eigenvalue weighted by Crippen LogP contribution is -2.38. The number of nitrogens with zero attached hydrogens (tertiary/aromatic N) is 2. The monoisotopic (exact) mass is 311 g/mol.